The lowest BCUT2D eigenvalue weighted by molar-refractivity contribution is -0.137. The number of piperidine rings is 1. The van der Waals surface area contributed by atoms with Gasteiger partial charge in [0.1, 0.15) is 11.7 Å². The van der Waals surface area contributed by atoms with E-state index in [0.29, 0.717) is 17.9 Å². The van der Waals surface area contributed by atoms with Crippen LogP contribution in [0.1, 0.15) is 73.9 Å². The van der Waals surface area contributed by atoms with Crippen LogP contribution in [0.4, 0.5) is 10.1 Å². The predicted molar refractivity (Wildman–Crippen MR) is 170 cm³/mol. The summed E-state index contributed by atoms with van der Waals surface area (Å²) >= 11 is 0. The van der Waals surface area contributed by atoms with Crippen LogP contribution in [0.2, 0.25) is 0 Å². The number of likely N-dealkylation sites (tertiary alicyclic amines) is 1. The van der Waals surface area contributed by atoms with E-state index in [1.165, 1.54) is 29.8 Å². The Morgan fingerprint density at radius 3 is 2.30 bits per heavy atom. The maximum atomic E-state index is 13.5. The quantitative estimate of drug-likeness (QED) is 0.509. The molecule has 236 valence electrons. The lowest BCUT2D eigenvalue weighted by atomic mass is 9.83. The number of anilines is 1. The number of nitrogens with one attached hydrogen (secondary N) is 1. The highest BCUT2D eigenvalue weighted by Crippen LogP contribution is 2.39. The minimum atomic E-state index is -0.643. The zero-order valence-corrected chi connectivity index (χ0v) is 26.1. The van der Waals surface area contributed by atoms with Crippen molar-refractivity contribution in [2.75, 3.05) is 44.2 Å². The molecule has 44 heavy (non-hydrogen) atoms. The highest BCUT2D eigenvalue weighted by atomic mass is 19.1. The molecule has 0 aromatic heterocycles. The molecule has 3 fully saturated rings. The highest BCUT2D eigenvalue weighted by Gasteiger charge is 2.38. The third-order valence-electron chi connectivity index (χ3n) is 10.2. The molecule has 0 radical (unpaired) electrons. The summed E-state index contributed by atoms with van der Waals surface area (Å²) in [5, 5.41) is 13.8. The molecule has 2 amide bonds. The second kappa shape index (κ2) is 13.1. The van der Waals surface area contributed by atoms with Gasteiger partial charge in [-0.2, -0.15) is 4.99 Å². The van der Waals surface area contributed by atoms with Gasteiger partial charge in [-0.15, -0.1) is 0 Å². The second-order valence-electron chi connectivity index (χ2n) is 13.6. The molecule has 2 N–H and O–H groups in total. The maximum Gasteiger partial charge on any atom is 0.278 e. The maximum absolute atomic E-state index is 13.5. The molecule has 3 heterocycles. The molecule has 1 saturated carbocycles. The van der Waals surface area contributed by atoms with Crippen LogP contribution >= 0.6 is 0 Å². The van der Waals surface area contributed by atoms with E-state index in [4.69, 9.17) is 0 Å². The number of fused-ring (bicyclic) bond motifs is 1. The van der Waals surface area contributed by atoms with Crippen LogP contribution in [-0.4, -0.2) is 83.5 Å². The monoisotopic (exact) mass is 603 g/mol. The number of aliphatic hydroxyl groups is 1. The second-order valence-corrected chi connectivity index (χ2v) is 13.6. The van der Waals surface area contributed by atoms with E-state index in [-0.39, 0.29) is 29.6 Å². The van der Waals surface area contributed by atoms with Crippen LogP contribution in [-0.2, 0) is 17.8 Å². The Labute approximate surface area is 260 Å². The number of halogens is 1. The van der Waals surface area contributed by atoms with E-state index in [1.54, 1.807) is 0 Å². The van der Waals surface area contributed by atoms with Gasteiger partial charge in [0.15, 0.2) is 0 Å². The molecular weight excluding hydrogens is 557 g/mol. The van der Waals surface area contributed by atoms with Gasteiger partial charge >= 0.3 is 0 Å². The van der Waals surface area contributed by atoms with E-state index in [0.717, 1.165) is 101 Å². The smallest absolute Gasteiger partial charge is 0.278 e. The van der Waals surface area contributed by atoms with Gasteiger partial charge in [-0.05, 0) is 113 Å². The summed E-state index contributed by atoms with van der Waals surface area (Å²) in [6, 6.07) is 12.3. The van der Waals surface area contributed by atoms with Crippen molar-refractivity contribution in [3.8, 4) is 0 Å². The first kappa shape index (κ1) is 30.9. The number of hydrogen-bond donors (Lipinski definition) is 2. The van der Waals surface area contributed by atoms with Crippen molar-refractivity contribution in [1.29, 1.82) is 0 Å². The molecule has 2 aromatic rings. The summed E-state index contributed by atoms with van der Waals surface area (Å²) in [5.41, 5.74) is 3.21. The minimum absolute atomic E-state index is 0.0471. The number of carbonyl (C=O) groups excluding carboxylic acids is 2. The lowest BCUT2D eigenvalue weighted by Gasteiger charge is -2.38. The van der Waals surface area contributed by atoms with Crippen molar-refractivity contribution < 1.29 is 19.1 Å². The van der Waals surface area contributed by atoms with Gasteiger partial charge in [0.25, 0.3) is 5.91 Å². The molecule has 0 atom stereocenters. The average molecular weight is 604 g/mol. The Kier molecular flexibility index (Phi) is 9.17. The molecule has 2 aromatic carbocycles. The van der Waals surface area contributed by atoms with E-state index in [1.807, 2.05) is 18.7 Å². The standard InChI is InChI=1S/C35H46FN5O3/c1-35(2,44)28-13-17-39(18-14-28)23-24-3-4-27-22-32(38-33(42)25-5-9-29(36)10-6-25)41(31(27)21-24)30-11-7-26(8-12-30)34(43)40-19-15-37-16-20-40/h3-6,9-10,21,26,28,30,37,44H,7-8,11-20,22-23H2,1-2H3. The van der Waals surface area contributed by atoms with E-state index >= 15 is 0 Å². The van der Waals surface area contributed by atoms with Crippen LogP contribution in [0.15, 0.2) is 47.5 Å². The fourth-order valence-corrected chi connectivity index (χ4v) is 7.53. The molecule has 6 rings (SSSR count). The Morgan fingerprint density at radius 2 is 1.64 bits per heavy atom. The zero-order valence-electron chi connectivity index (χ0n) is 26.1. The van der Waals surface area contributed by atoms with Crippen LogP contribution < -0.4 is 10.2 Å². The summed E-state index contributed by atoms with van der Waals surface area (Å²) in [4.78, 5) is 37.8. The van der Waals surface area contributed by atoms with Gasteiger partial charge in [0.05, 0.1) is 5.60 Å². The number of piperazine rings is 1. The van der Waals surface area contributed by atoms with Crippen molar-refractivity contribution in [3.63, 3.8) is 0 Å². The number of rotatable bonds is 6. The molecule has 8 nitrogen and oxygen atoms in total. The molecule has 0 spiro atoms. The van der Waals surface area contributed by atoms with Gasteiger partial charge in [-0.25, -0.2) is 4.39 Å². The topological polar surface area (TPSA) is 88.5 Å². The molecule has 3 aliphatic heterocycles. The molecule has 1 aliphatic carbocycles. The third-order valence-corrected chi connectivity index (χ3v) is 10.2. The summed E-state index contributed by atoms with van der Waals surface area (Å²) in [6.45, 7) is 9.84. The van der Waals surface area contributed by atoms with Crippen LogP contribution in [0.3, 0.4) is 0 Å². The highest BCUT2D eigenvalue weighted by molar-refractivity contribution is 6.12. The zero-order chi connectivity index (χ0) is 30.8. The van der Waals surface area contributed by atoms with Gasteiger partial charge in [0.2, 0.25) is 5.91 Å². The third kappa shape index (κ3) is 6.90. The van der Waals surface area contributed by atoms with Crippen LogP contribution in [0.25, 0.3) is 0 Å². The van der Waals surface area contributed by atoms with Crippen molar-refractivity contribution >= 4 is 23.3 Å². The summed E-state index contributed by atoms with van der Waals surface area (Å²) < 4.78 is 13.5. The molecule has 4 aliphatic rings. The molecule has 0 unspecified atom stereocenters. The molecule has 0 bridgehead atoms. The molecular formula is C35H46FN5O3. The van der Waals surface area contributed by atoms with Gasteiger partial charge in [-0.1, -0.05) is 12.1 Å². The van der Waals surface area contributed by atoms with Crippen molar-refractivity contribution in [1.82, 2.24) is 15.1 Å². The average Bonchev–Trinajstić information content (AvgIpc) is 3.38. The number of amides is 2. The fraction of sp³-hybridized carbons (Fsp3) is 0.571. The Bertz CT molecular complexity index is 1370. The van der Waals surface area contributed by atoms with E-state index in [9.17, 15) is 19.1 Å². The van der Waals surface area contributed by atoms with E-state index in [2.05, 4.69) is 38.3 Å². The van der Waals surface area contributed by atoms with Crippen LogP contribution in [0, 0.1) is 17.7 Å². The van der Waals surface area contributed by atoms with Crippen molar-refractivity contribution in [2.24, 2.45) is 16.8 Å². The summed E-state index contributed by atoms with van der Waals surface area (Å²) in [7, 11) is 0. The van der Waals surface area contributed by atoms with E-state index < -0.39 is 5.60 Å². The Balaban J connectivity index is 1.20. The lowest BCUT2D eigenvalue weighted by Crippen LogP contribution is -2.49. The first-order chi connectivity index (χ1) is 21.2. The first-order valence-electron chi connectivity index (χ1n) is 16.4. The summed E-state index contributed by atoms with van der Waals surface area (Å²) in [5.74, 6) is 0.631. The molecule has 2 saturated heterocycles. The number of carbonyl (C=O) groups is 2. The first-order valence-corrected chi connectivity index (χ1v) is 16.4. The fourth-order valence-electron chi connectivity index (χ4n) is 7.53. The van der Waals surface area contributed by atoms with Gasteiger partial charge in [0, 0.05) is 62.4 Å². The SMILES string of the molecule is CC(C)(O)C1CCN(Cc2ccc3c(c2)N(C2CCC(C(=O)N4CCNCC4)CC2)C(=NC(=O)c2ccc(F)cc2)C3)CC1. The predicted octanol–water partition coefficient (Wildman–Crippen LogP) is 4.40. The van der Waals surface area contributed by atoms with Gasteiger partial charge in [-0.3, -0.25) is 14.5 Å². The largest absolute Gasteiger partial charge is 0.390 e. The number of amidine groups is 1. The Morgan fingerprint density at radius 1 is 0.955 bits per heavy atom. The number of nitrogens with zero attached hydrogens (tertiary/aromatic N) is 4. The van der Waals surface area contributed by atoms with Gasteiger partial charge < -0.3 is 20.2 Å². The number of hydrogen-bond acceptors (Lipinski definition) is 5. The number of benzene rings is 2. The molecule has 9 heteroatoms. The van der Waals surface area contributed by atoms with Crippen molar-refractivity contribution in [2.45, 2.75) is 77.0 Å². The number of aliphatic imine (C=N–C) groups is 1. The van der Waals surface area contributed by atoms with Crippen molar-refractivity contribution in [3.05, 3.63) is 65.0 Å². The minimum Gasteiger partial charge on any atom is -0.390 e. The Hall–Kier alpha value is -3.14. The normalized spacial score (nSPS) is 24.5. The summed E-state index contributed by atoms with van der Waals surface area (Å²) in [6.07, 6.45) is 5.92. The van der Waals surface area contributed by atoms with Crippen LogP contribution in [0.5, 0.6) is 0 Å².